The van der Waals surface area contributed by atoms with Gasteiger partial charge in [-0.05, 0) is 37.0 Å². The first-order valence-electron chi connectivity index (χ1n) is 9.28. The van der Waals surface area contributed by atoms with Gasteiger partial charge in [-0.3, -0.25) is 14.4 Å². The fourth-order valence-corrected chi connectivity index (χ4v) is 3.87. The molecular weight excluding hydrogens is 344 g/mol. The summed E-state index contributed by atoms with van der Waals surface area (Å²) >= 11 is 0. The summed E-state index contributed by atoms with van der Waals surface area (Å²) in [4.78, 5) is 41.5. The maximum absolute atomic E-state index is 12.9. The molecule has 3 rings (SSSR count). The molecule has 6 nitrogen and oxygen atoms in total. The van der Waals surface area contributed by atoms with Crippen LogP contribution in [0.5, 0.6) is 0 Å². The van der Waals surface area contributed by atoms with Gasteiger partial charge >= 0.3 is 5.97 Å². The number of hydrogen-bond acceptors (Lipinski definition) is 3. The number of piperidine rings is 1. The third-order valence-electron chi connectivity index (χ3n) is 5.27. The number of rotatable bonds is 5. The van der Waals surface area contributed by atoms with Crippen molar-refractivity contribution in [2.45, 2.75) is 32.6 Å². The second-order valence-electron chi connectivity index (χ2n) is 7.15. The second-order valence-corrected chi connectivity index (χ2v) is 7.15. The Balaban J connectivity index is 1.85. The number of nitrogens with zero attached hydrogens (tertiary/aromatic N) is 1. The van der Waals surface area contributed by atoms with Gasteiger partial charge in [0.05, 0.1) is 5.41 Å². The van der Waals surface area contributed by atoms with Gasteiger partial charge < -0.3 is 15.0 Å². The van der Waals surface area contributed by atoms with Gasteiger partial charge in [0.2, 0.25) is 0 Å². The zero-order valence-corrected chi connectivity index (χ0v) is 15.4. The number of carboxylic acids is 1. The van der Waals surface area contributed by atoms with Crippen LogP contribution in [-0.4, -0.2) is 40.0 Å². The van der Waals surface area contributed by atoms with Crippen LogP contribution in [0.25, 0.3) is 11.3 Å². The minimum atomic E-state index is -0.917. The number of carbonyl (C=O) groups excluding carboxylic acids is 1. The molecule has 6 heteroatoms. The molecule has 1 saturated heterocycles. The van der Waals surface area contributed by atoms with E-state index < -0.39 is 22.9 Å². The average Bonchev–Trinajstić information content (AvgIpc) is 2.68. The molecule has 1 atom stereocenters. The molecule has 0 spiro atoms. The SMILES string of the molecule is CCC[C@]1(C(=O)O)CCCN(C(=O)c2ccc(-c3ccccc3)[nH]c2=O)C1. The van der Waals surface area contributed by atoms with Gasteiger partial charge in [0, 0.05) is 18.8 Å². The quantitative estimate of drug-likeness (QED) is 0.848. The molecule has 1 aromatic carbocycles. The third-order valence-corrected chi connectivity index (χ3v) is 5.27. The number of H-pyrrole nitrogens is 1. The average molecular weight is 368 g/mol. The van der Waals surface area contributed by atoms with Crippen LogP contribution >= 0.6 is 0 Å². The monoisotopic (exact) mass is 368 g/mol. The summed E-state index contributed by atoms with van der Waals surface area (Å²) in [6, 6.07) is 12.6. The van der Waals surface area contributed by atoms with Crippen LogP contribution in [0.4, 0.5) is 0 Å². The van der Waals surface area contributed by atoms with Gasteiger partial charge in [-0.25, -0.2) is 0 Å². The summed E-state index contributed by atoms with van der Waals surface area (Å²) in [6.07, 6.45) is 2.44. The van der Waals surface area contributed by atoms with Crippen LogP contribution < -0.4 is 5.56 Å². The van der Waals surface area contributed by atoms with Gasteiger partial charge in [-0.15, -0.1) is 0 Å². The number of amides is 1. The van der Waals surface area contributed by atoms with Crippen molar-refractivity contribution in [2.24, 2.45) is 5.41 Å². The molecule has 2 aromatic rings. The van der Waals surface area contributed by atoms with Crippen LogP contribution in [0, 0.1) is 5.41 Å². The summed E-state index contributed by atoms with van der Waals surface area (Å²) in [5.41, 5.74) is 0.177. The van der Waals surface area contributed by atoms with Crippen molar-refractivity contribution in [3.63, 3.8) is 0 Å². The number of hydrogen-bond donors (Lipinski definition) is 2. The topological polar surface area (TPSA) is 90.5 Å². The summed E-state index contributed by atoms with van der Waals surface area (Å²) in [5.74, 6) is -1.27. The Labute approximate surface area is 157 Å². The number of carbonyl (C=O) groups is 2. The summed E-state index contributed by atoms with van der Waals surface area (Å²) in [6.45, 7) is 2.56. The lowest BCUT2D eigenvalue weighted by Gasteiger charge is -2.39. The number of aromatic nitrogens is 1. The van der Waals surface area contributed by atoms with E-state index in [4.69, 9.17) is 0 Å². The van der Waals surface area contributed by atoms with Crippen molar-refractivity contribution in [1.82, 2.24) is 9.88 Å². The molecule has 0 saturated carbocycles. The van der Waals surface area contributed by atoms with Crippen molar-refractivity contribution in [2.75, 3.05) is 13.1 Å². The van der Waals surface area contributed by atoms with E-state index in [1.54, 1.807) is 6.07 Å². The Kier molecular flexibility index (Phi) is 5.44. The van der Waals surface area contributed by atoms with Crippen molar-refractivity contribution in [3.8, 4) is 11.3 Å². The van der Waals surface area contributed by atoms with Crippen molar-refractivity contribution >= 4 is 11.9 Å². The minimum Gasteiger partial charge on any atom is -0.481 e. The number of pyridine rings is 1. The van der Waals surface area contributed by atoms with E-state index in [1.165, 1.54) is 11.0 Å². The van der Waals surface area contributed by atoms with Crippen LogP contribution in [0.1, 0.15) is 43.0 Å². The summed E-state index contributed by atoms with van der Waals surface area (Å²) < 4.78 is 0. The maximum Gasteiger partial charge on any atom is 0.311 e. The van der Waals surface area contributed by atoms with Crippen molar-refractivity contribution in [1.29, 1.82) is 0 Å². The third kappa shape index (κ3) is 3.79. The van der Waals surface area contributed by atoms with E-state index in [-0.39, 0.29) is 12.1 Å². The number of carboxylic acid groups (broad SMARTS) is 1. The highest BCUT2D eigenvalue weighted by Gasteiger charge is 2.43. The molecule has 1 aliphatic rings. The Morgan fingerprint density at radius 1 is 1.19 bits per heavy atom. The standard InChI is InChI=1S/C21H24N2O4/c1-2-11-21(20(26)27)12-6-13-23(14-21)19(25)16-9-10-17(22-18(16)24)15-7-4-3-5-8-15/h3-5,7-10H,2,6,11-14H2,1H3,(H,22,24)(H,26,27)/t21-/m0/s1. The first-order valence-corrected chi connectivity index (χ1v) is 9.28. The zero-order chi connectivity index (χ0) is 19.4. The highest BCUT2D eigenvalue weighted by molar-refractivity contribution is 5.94. The molecule has 142 valence electrons. The van der Waals surface area contributed by atoms with Crippen molar-refractivity contribution in [3.05, 3.63) is 58.4 Å². The van der Waals surface area contributed by atoms with Crippen LogP contribution in [0.15, 0.2) is 47.3 Å². The maximum atomic E-state index is 12.9. The molecule has 0 aliphatic carbocycles. The Morgan fingerprint density at radius 2 is 1.93 bits per heavy atom. The van der Waals surface area contributed by atoms with E-state index in [2.05, 4.69) is 4.98 Å². The van der Waals surface area contributed by atoms with E-state index in [0.717, 1.165) is 12.0 Å². The molecule has 2 heterocycles. The van der Waals surface area contributed by atoms with Gasteiger partial charge in [0.1, 0.15) is 5.56 Å². The molecule has 0 unspecified atom stereocenters. The molecule has 1 aromatic heterocycles. The Bertz CT molecular complexity index is 887. The van der Waals surface area contributed by atoms with Gasteiger partial charge in [-0.2, -0.15) is 0 Å². The number of aliphatic carboxylic acids is 1. The van der Waals surface area contributed by atoms with E-state index >= 15 is 0 Å². The van der Waals surface area contributed by atoms with E-state index in [0.29, 0.717) is 31.5 Å². The molecule has 0 radical (unpaired) electrons. The Morgan fingerprint density at radius 3 is 2.56 bits per heavy atom. The van der Waals surface area contributed by atoms with E-state index in [9.17, 15) is 19.5 Å². The van der Waals surface area contributed by atoms with Crippen LogP contribution in [0.2, 0.25) is 0 Å². The first-order chi connectivity index (χ1) is 13.0. The van der Waals surface area contributed by atoms with Crippen molar-refractivity contribution < 1.29 is 14.7 Å². The lowest BCUT2D eigenvalue weighted by molar-refractivity contribution is -0.152. The molecule has 0 bridgehead atoms. The normalized spacial score (nSPS) is 19.7. The molecule has 2 N–H and O–H groups in total. The van der Waals surface area contributed by atoms with Crippen LogP contribution in [-0.2, 0) is 4.79 Å². The van der Waals surface area contributed by atoms with Crippen LogP contribution in [0.3, 0.4) is 0 Å². The Hall–Kier alpha value is -2.89. The molecule has 1 fully saturated rings. The predicted octanol–water partition coefficient (Wildman–Crippen LogP) is 3.15. The predicted molar refractivity (Wildman–Crippen MR) is 103 cm³/mol. The second kappa shape index (κ2) is 7.78. The van der Waals surface area contributed by atoms with Gasteiger partial charge in [-0.1, -0.05) is 43.7 Å². The number of likely N-dealkylation sites (tertiary alicyclic amines) is 1. The zero-order valence-electron chi connectivity index (χ0n) is 15.4. The summed E-state index contributed by atoms with van der Waals surface area (Å²) in [5, 5.41) is 9.70. The highest BCUT2D eigenvalue weighted by Crippen LogP contribution is 2.35. The minimum absolute atomic E-state index is 0.0485. The lowest BCUT2D eigenvalue weighted by atomic mass is 9.76. The lowest BCUT2D eigenvalue weighted by Crippen LogP contribution is -2.50. The van der Waals surface area contributed by atoms with Gasteiger partial charge in [0.15, 0.2) is 0 Å². The molecular formula is C21H24N2O4. The first kappa shape index (κ1) is 18.9. The number of benzene rings is 1. The number of nitrogens with one attached hydrogen (secondary N) is 1. The number of aromatic amines is 1. The smallest absolute Gasteiger partial charge is 0.311 e. The fraction of sp³-hybridized carbons (Fsp3) is 0.381. The molecule has 27 heavy (non-hydrogen) atoms. The highest BCUT2D eigenvalue weighted by atomic mass is 16.4. The van der Waals surface area contributed by atoms with E-state index in [1.807, 2.05) is 37.3 Å². The fourth-order valence-electron chi connectivity index (χ4n) is 3.87. The largest absolute Gasteiger partial charge is 0.481 e. The summed E-state index contributed by atoms with van der Waals surface area (Å²) in [7, 11) is 0. The van der Waals surface area contributed by atoms with Gasteiger partial charge in [0.25, 0.3) is 11.5 Å². The molecule has 1 aliphatic heterocycles. The molecule has 1 amide bonds.